The number of hydrogen-bond acceptors (Lipinski definition) is 5. The highest BCUT2D eigenvalue weighted by Crippen LogP contribution is 2.21. The Bertz CT molecular complexity index is 1090. The molecule has 0 saturated heterocycles. The van der Waals surface area contributed by atoms with E-state index in [1.54, 1.807) is 42.5 Å². The van der Waals surface area contributed by atoms with Gasteiger partial charge in [-0.2, -0.15) is 0 Å². The zero-order valence-corrected chi connectivity index (χ0v) is 18.6. The molecule has 0 radical (unpaired) electrons. The van der Waals surface area contributed by atoms with Crippen molar-refractivity contribution in [3.63, 3.8) is 0 Å². The van der Waals surface area contributed by atoms with E-state index in [1.165, 1.54) is 0 Å². The van der Waals surface area contributed by atoms with Gasteiger partial charge in [0.25, 0.3) is 5.91 Å². The fourth-order valence-electron chi connectivity index (χ4n) is 2.69. The van der Waals surface area contributed by atoms with Gasteiger partial charge in [0.05, 0.1) is 12.2 Å². The summed E-state index contributed by atoms with van der Waals surface area (Å²) in [6, 6.07) is 23.3. The summed E-state index contributed by atoms with van der Waals surface area (Å²) < 4.78 is 11.5. The summed E-state index contributed by atoms with van der Waals surface area (Å²) in [5.74, 6) is -1.34. The third kappa shape index (κ3) is 6.95. The van der Waals surface area contributed by atoms with Crippen LogP contribution >= 0.6 is 15.9 Å². The Hall–Kier alpha value is -3.65. The number of nitrogens with one attached hydrogen (secondary N) is 2. The van der Waals surface area contributed by atoms with Gasteiger partial charge >= 0.3 is 5.97 Å². The van der Waals surface area contributed by atoms with E-state index in [1.807, 2.05) is 36.4 Å². The third-order valence-electron chi connectivity index (χ3n) is 4.27. The van der Waals surface area contributed by atoms with Crippen molar-refractivity contribution in [2.75, 3.05) is 18.5 Å². The van der Waals surface area contributed by atoms with Crippen molar-refractivity contribution in [2.45, 2.75) is 6.61 Å². The average molecular weight is 497 g/mol. The molecule has 7 nitrogen and oxygen atoms in total. The van der Waals surface area contributed by atoms with Crippen LogP contribution in [0.3, 0.4) is 0 Å². The first-order chi connectivity index (χ1) is 15.5. The van der Waals surface area contributed by atoms with Crippen LogP contribution in [0.2, 0.25) is 0 Å². The molecule has 32 heavy (non-hydrogen) atoms. The number of para-hydroxylation sites is 2. The molecule has 3 aromatic carbocycles. The first-order valence-corrected chi connectivity index (χ1v) is 10.6. The Labute approximate surface area is 193 Å². The number of rotatable bonds is 9. The first-order valence-electron chi connectivity index (χ1n) is 9.77. The highest BCUT2D eigenvalue weighted by molar-refractivity contribution is 9.10. The number of carbonyl (C=O) groups is 3. The summed E-state index contributed by atoms with van der Waals surface area (Å²) in [5.41, 5.74) is 1.75. The van der Waals surface area contributed by atoms with Crippen LogP contribution in [0.5, 0.6) is 5.75 Å². The fraction of sp³-hybridized carbons (Fsp3) is 0.125. The van der Waals surface area contributed by atoms with E-state index in [-0.39, 0.29) is 18.7 Å². The smallest absolute Gasteiger partial charge is 0.342 e. The predicted molar refractivity (Wildman–Crippen MR) is 123 cm³/mol. The Morgan fingerprint density at radius 3 is 2.28 bits per heavy atom. The van der Waals surface area contributed by atoms with Crippen LogP contribution in [0, 0.1) is 0 Å². The van der Waals surface area contributed by atoms with Crippen molar-refractivity contribution < 1.29 is 23.9 Å². The van der Waals surface area contributed by atoms with Crippen LogP contribution < -0.4 is 15.4 Å². The maximum atomic E-state index is 12.4. The monoisotopic (exact) mass is 496 g/mol. The van der Waals surface area contributed by atoms with E-state index in [4.69, 9.17) is 9.47 Å². The van der Waals surface area contributed by atoms with Gasteiger partial charge < -0.3 is 20.1 Å². The maximum absolute atomic E-state index is 12.4. The Kier molecular flexibility index (Phi) is 8.39. The Morgan fingerprint density at radius 1 is 0.812 bits per heavy atom. The molecule has 8 heteroatoms. The van der Waals surface area contributed by atoms with Crippen molar-refractivity contribution in [3.05, 3.63) is 94.5 Å². The lowest BCUT2D eigenvalue weighted by Gasteiger charge is -2.12. The van der Waals surface area contributed by atoms with Crippen molar-refractivity contribution in [1.29, 1.82) is 0 Å². The lowest BCUT2D eigenvalue weighted by molar-refractivity contribution is -0.126. The number of ether oxygens (including phenoxy) is 2. The van der Waals surface area contributed by atoms with Crippen molar-refractivity contribution in [3.8, 4) is 5.75 Å². The molecule has 164 valence electrons. The number of hydrogen-bond donors (Lipinski definition) is 2. The van der Waals surface area contributed by atoms with Gasteiger partial charge in [0.15, 0.2) is 6.61 Å². The molecular formula is C24H21BrN2O5. The normalized spacial score (nSPS) is 10.2. The topological polar surface area (TPSA) is 93.7 Å². The largest absolute Gasteiger partial charge is 0.488 e. The van der Waals surface area contributed by atoms with Gasteiger partial charge in [0.2, 0.25) is 5.91 Å². The molecule has 0 aliphatic carbocycles. The molecule has 0 aliphatic rings. The number of anilines is 1. The van der Waals surface area contributed by atoms with Crippen LogP contribution in [0.1, 0.15) is 15.9 Å². The number of benzene rings is 3. The van der Waals surface area contributed by atoms with Crippen LogP contribution in [-0.4, -0.2) is 30.9 Å². The highest BCUT2D eigenvalue weighted by atomic mass is 79.9. The van der Waals surface area contributed by atoms with E-state index in [0.29, 0.717) is 11.4 Å². The van der Waals surface area contributed by atoms with Gasteiger partial charge in [-0.25, -0.2) is 4.79 Å². The van der Waals surface area contributed by atoms with E-state index >= 15 is 0 Å². The quantitative estimate of drug-likeness (QED) is 0.437. The van der Waals surface area contributed by atoms with Gasteiger partial charge in [0.1, 0.15) is 17.9 Å². The Balaban J connectivity index is 1.46. The molecule has 0 saturated carbocycles. The summed E-state index contributed by atoms with van der Waals surface area (Å²) in [6.07, 6.45) is 0. The zero-order valence-electron chi connectivity index (χ0n) is 17.0. The van der Waals surface area contributed by atoms with Crippen molar-refractivity contribution in [1.82, 2.24) is 5.32 Å². The second-order valence-electron chi connectivity index (χ2n) is 6.65. The summed E-state index contributed by atoms with van der Waals surface area (Å²) in [6.45, 7) is -0.485. The predicted octanol–water partition coefficient (Wildman–Crippen LogP) is 3.94. The lowest BCUT2D eigenvalue weighted by atomic mass is 10.2. The van der Waals surface area contributed by atoms with E-state index in [0.717, 1.165) is 10.0 Å². The zero-order chi connectivity index (χ0) is 22.8. The SMILES string of the molecule is O=C(COC(=O)c1ccccc1OCc1ccccc1)NCC(=O)Nc1ccccc1Br. The summed E-state index contributed by atoms with van der Waals surface area (Å²) in [4.78, 5) is 36.4. The maximum Gasteiger partial charge on any atom is 0.342 e. The molecule has 0 aromatic heterocycles. The molecule has 0 unspecified atom stereocenters. The lowest BCUT2D eigenvalue weighted by Crippen LogP contribution is -2.35. The molecule has 2 N–H and O–H groups in total. The van der Waals surface area contributed by atoms with Gasteiger partial charge in [-0.3, -0.25) is 9.59 Å². The molecule has 0 aliphatic heterocycles. The minimum Gasteiger partial charge on any atom is -0.488 e. The Morgan fingerprint density at radius 2 is 1.50 bits per heavy atom. The van der Waals surface area contributed by atoms with Gasteiger partial charge in [0, 0.05) is 4.47 Å². The summed E-state index contributed by atoms with van der Waals surface area (Å²) in [5, 5.41) is 5.08. The van der Waals surface area contributed by atoms with Gasteiger partial charge in [-0.05, 0) is 45.8 Å². The van der Waals surface area contributed by atoms with Crippen LogP contribution in [-0.2, 0) is 20.9 Å². The van der Waals surface area contributed by atoms with Crippen molar-refractivity contribution in [2.24, 2.45) is 0 Å². The van der Waals surface area contributed by atoms with Gasteiger partial charge in [-0.1, -0.05) is 54.6 Å². The second-order valence-corrected chi connectivity index (χ2v) is 7.51. The summed E-state index contributed by atoms with van der Waals surface area (Å²) in [7, 11) is 0. The number of halogens is 1. The molecule has 0 fully saturated rings. The van der Waals surface area contributed by atoms with Crippen LogP contribution in [0.25, 0.3) is 0 Å². The fourth-order valence-corrected chi connectivity index (χ4v) is 3.08. The number of carbonyl (C=O) groups excluding carboxylic acids is 3. The molecule has 0 heterocycles. The average Bonchev–Trinajstić information content (AvgIpc) is 2.82. The minimum atomic E-state index is -0.693. The second kappa shape index (κ2) is 11.7. The van der Waals surface area contributed by atoms with Crippen molar-refractivity contribution >= 4 is 39.4 Å². The molecule has 3 aromatic rings. The highest BCUT2D eigenvalue weighted by Gasteiger charge is 2.16. The standard InChI is InChI=1S/C24H21BrN2O5/c25-19-11-5-6-12-20(19)27-22(28)14-26-23(29)16-32-24(30)18-10-4-7-13-21(18)31-15-17-8-2-1-3-9-17/h1-13H,14-16H2,(H,26,29)(H,27,28). The molecule has 3 rings (SSSR count). The summed E-state index contributed by atoms with van der Waals surface area (Å²) >= 11 is 3.33. The van der Waals surface area contributed by atoms with E-state index in [2.05, 4.69) is 26.6 Å². The molecular weight excluding hydrogens is 476 g/mol. The van der Waals surface area contributed by atoms with E-state index < -0.39 is 24.4 Å². The molecule has 0 spiro atoms. The van der Waals surface area contributed by atoms with E-state index in [9.17, 15) is 14.4 Å². The third-order valence-corrected chi connectivity index (χ3v) is 4.96. The number of esters is 1. The number of amides is 2. The molecule has 2 amide bonds. The first kappa shape index (κ1) is 23.0. The van der Waals surface area contributed by atoms with Crippen LogP contribution in [0.15, 0.2) is 83.3 Å². The van der Waals surface area contributed by atoms with Crippen LogP contribution in [0.4, 0.5) is 5.69 Å². The molecule has 0 bridgehead atoms. The minimum absolute atomic E-state index is 0.211. The molecule has 0 atom stereocenters. The van der Waals surface area contributed by atoms with Gasteiger partial charge in [-0.15, -0.1) is 0 Å².